The molecule has 0 aliphatic rings. The van der Waals surface area contributed by atoms with Crippen LogP contribution in [0.5, 0.6) is 0 Å². The first-order valence-corrected chi connectivity index (χ1v) is 6.09. The summed E-state index contributed by atoms with van der Waals surface area (Å²) in [7, 11) is 1.71. The van der Waals surface area contributed by atoms with Gasteiger partial charge in [0.2, 0.25) is 0 Å². The van der Waals surface area contributed by atoms with Crippen LogP contribution in [0.4, 0.5) is 0 Å². The number of hydrogen-bond acceptors (Lipinski definition) is 2. The molecule has 1 aromatic carbocycles. The van der Waals surface area contributed by atoms with Crippen LogP contribution in [0.3, 0.4) is 0 Å². The molecule has 0 radical (unpaired) electrons. The predicted octanol–water partition coefficient (Wildman–Crippen LogP) is 3.51. The van der Waals surface area contributed by atoms with Gasteiger partial charge in [0.1, 0.15) is 0 Å². The van der Waals surface area contributed by atoms with Crippen molar-refractivity contribution < 1.29 is 4.74 Å². The molecule has 0 spiro atoms. The highest BCUT2D eigenvalue weighted by molar-refractivity contribution is 6.42. The fraction of sp³-hybridized carbons (Fsp3) is 0.500. The van der Waals surface area contributed by atoms with Crippen molar-refractivity contribution in [3.63, 3.8) is 0 Å². The summed E-state index contributed by atoms with van der Waals surface area (Å²) < 4.78 is 5.12. The smallest absolute Gasteiger partial charge is 0.0637 e. The molecule has 1 rings (SSSR count). The summed E-state index contributed by atoms with van der Waals surface area (Å²) in [5.74, 6) is 0. The van der Waals surface area contributed by atoms with Crippen molar-refractivity contribution in [3.05, 3.63) is 33.8 Å². The summed E-state index contributed by atoms with van der Waals surface area (Å²) in [4.78, 5) is 0. The Morgan fingerprint density at radius 1 is 1.38 bits per heavy atom. The number of rotatable bonds is 6. The maximum absolute atomic E-state index is 6.09. The third-order valence-electron chi connectivity index (χ3n) is 2.47. The van der Waals surface area contributed by atoms with E-state index in [0.29, 0.717) is 29.2 Å². The normalized spacial score (nSPS) is 12.8. The van der Waals surface area contributed by atoms with E-state index in [4.69, 9.17) is 27.9 Å². The number of nitrogens with one attached hydrogen (secondary N) is 1. The number of halogens is 2. The Bertz CT molecular complexity index is 331. The lowest BCUT2D eigenvalue weighted by atomic mass is 10.2. The minimum Gasteiger partial charge on any atom is -0.383 e. The minimum absolute atomic E-state index is 0.347. The molecule has 0 aromatic heterocycles. The first-order valence-electron chi connectivity index (χ1n) is 5.34. The van der Waals surface area contributed by atoms with Crippen LogP contribution in [0.15, 0.2) is 18.2 Å². The number of benzene rings is 1. The third-order valence-corrected chi connectivity index (χ3v) is 3.33. The van der Waals surface area contributed by atoms with Crippen LogP contribution >= 0.6 is 23.2 Å². The number of ether oxygens (including phenoxy) is 1. The highest BCUT2D eigenvalue weighted by atomic mass is 35.5. The van der Waals surface area contributed by atoms with Crippen LogP contribution in [0.2, 0.25) is 10.0 Å². The molecular formula is C12H17Cl2NO. The zero-order valence-corrected chi connectivity index (χ0v) is 11.1. The van der Waals surface area contributed by atoms with Crippen molar-refractivity contribution in [2.75, 3.05) is 13.7 Å². The lowest BCUT2D eigenvalue weighted by Gasteiger charge is -2.16. The average Bonchev–Trinajstić information content (AvgIpc) is 2.29. The Labute approximate surface area is 107 Å². The quantitative estimate of drug-likeness (QED) is 0.847. The topological polar surface area (TPSA) is 21.3 Å². The van der Waals surface area contributed by atoms with Gasteiger partial charge in [0, 0.05) is 19.7 Å². The summed E-state index contributed by atoms with van der Waals surface area (Å²) in [6, 6.07) is 6.02. The molecule has 0 fully saturated rings. The van der Waals surface area contributed by atoms with Crippen LogP contribution < -0.4 is 5.32 Å². The number of hydrogen-bond donors (Lipinski definition) is 1. The molecule has 2 nitrogen and oxygen atoms in total. The van der Waals surface area contributed by atoms with E-state index in [0.717, 1.165) is 12.0 Å². The molecule has 1 aromatic rings. The Morgan fingerprint density at radius 3 is 2.75 bits per heavy atom. The van der Waals surface area contributed by atoms with Gasteiger partial charge in [0.15, 0.2) is 0 Å². The van der Waals surface area contributed by atoms with Crippen LogP contribution in [-0.2, 0) is 11.3 Å². The Morgan fingerprint density at radius 2 is 2.12 bits per heavy atom. The van der Waals surface area contributed by atoms with Gasteiger partial charge in [0.05, 0.1) is 16.7 Å². The van der Waals surface area contributed by atoms with Gasteiger partial charge in [0.25, 0.3) is 0 Å². The summed E-state index contributed by atoms with van der Waals surface area (Å²) in [5.41, 5.74) is 1.02. The van der Waals surface area contributed by atoms with Crippen molar-refractivity contribution in [2.45, 2.75) is 25.9 Å². The van der Waals surface area contributed by atoms with Gasteiger partial charge in [-0.3, -0.25) is 0 Å². The fourth-order valence-corrected chi connectivity index (χ4v) is 1.85. The van der Waals surface area contributed by atoms with Gasteiger partial charge in [-0.15, -0.1) is 0 Å². The van der Waals surface area contributed by atoms with E-state index in [9.17, 15) is 0 Å². The standard InChI is InChI=1S/C12H17Cl2NO/c1-3-10(8-16-2)15-7-9-5-4-6-11(13)12(9)14/h4-6,10,15H,3,7-8H2,1-2H3. The molecule has 0 heterocycles. The van der Waals surface area contributed by atoms with Crippen molar-refractivity contribution >= 4 is 23.2 Å². The first-order chi connectivity index (χ1) is 7.69. The molecule has 90 valence electrons. The van der Waals surface area contributed by atoms with E-state index in [1.54, 1.807) is 13.2 Å². The molecule has 1 atom stereocenters. The molecule has 0 aliphatic heterocycles. The summed E-state index contributed by atoms with van der Waals surface area (Å²) in [5, 5.41) is 4.61. The monoisotopic (exact) mass is 261 g/mol. The second-order valence-corrected chi connectivity index (χ2v) is 4.44. The highest BCUT2D eigenvalue weighted by Crippen LogP contribution is 2.25. The predicted molar refractivity (Wildman–Crippen MR) is 69.3 cm³/mol. The van der Waals surface area contributed by atoms with Gasteiger partial charge < -0.3 is 10.1 Å². The van der Waals surface area contributed by atoms with Gasteiger partial charge in [-0.1, -0.05) is 42.3 Å². The Kier molecular flexibility index (Phi) is 6.14. The van der Waals surface area contributed by atoms with Gasteiger partial charge >= 0.3 is 0 Å². The molecule has 0 aliphatic carbocycles. The molecule has 1 unspecified atom stereocenters. The first kappa shape index (κ1) is 13.8. The van der Waals surface area contributed by atoms with Gasteiger partial charge in [-0.25, -0.2) is 0 Å². The molecular weight excluding hydrogens is 245 g/mol. The number of methoxy groups -OCH3 is 1. The van der Waals surface area contributed by atoms with E-state index in [1.807, 2.05) is 12.1 Å². The average molecular weight is 262 g/mol. The van der Waals surface area contributed by atoms with Gasteiger partial charge in [-0.2, -0.15) is 0 Å². The lowest BCUT2D eigenvalue weighted by Crippen LogP contribution is -2.32. The molecule has 0 saturated carbocycles. The maximum atomic E-state index is 6.09. The van der Waals surface area contributed by atoms with Crippen LogP contribution in [0, 0.1) is 0 Å². The van der Waals surface area contributed by atoms with Crippen LogP contribution in [0.1, 0.15) is 18.9 Å². The van der Waals surface area contributed by atoms with Crippen molar-refractivity contribution in [3.8, 4) is 0 Å². The van der Waals surface area contributed by atoms with Crippen molar-refractivity contribution in [1.82, 2.24) is 5.32 Å². The second-order valence-electron chi connectivity index (χ2n) is 3.65. The molecule has 0 amide bonds. The fourth-order valence-electron chi connectivity index (χ4n) is 1.46. The van der Waals surface area contributed by atoms with Crippen molar-refractivity contribution in [2.24, 2.45) is 0 Å². The SMILES string of the molecule is CCC(COC)NCc1cccc(Cl)c1Cl. The third kappa shape index (κ3) is 3.95. The van der Waals surface area contributed by atoms with Crippen LogP contribution in [-0.4, -0.2) is 19.8 Å². The Hall–Kier alpha value is -0.280. The maximum Gasteiger partial charge on any atom is 0.0637 e. The van der Waals surface area contributed by atoms with E-state index < -0.39 is 0 Å². The van der Waals surface area contributed by atoms with Crippen molar-refractivity contribution in [1.29, 1.82) is 0 Å². The highest BCUT2D eigenvalue weighted by Gasteiger charge is 2.08. The summed E-state index contributed by atoms with van der Waals surface area (Å²) >= 11 is 12.0. The minimum atomic E-state index is 0.347. The molecule has 16 heavy (non-hydrogen) atoms. The zero-order chi connectivity index (χ0) is 12.0. The van der Waals surface area contributed by atoms with Crippen LogP contribution in [0.25, 0.3) is 0 Å². The van der Waals surface area contributed by atoms with Gasteiger partial charge in [-0.05, 0) is 18.1 Å². The summed E-state index contributed by atoms with van der Waals surface area (Å²) in [6.07, 6.45) is 1.02. The largest absolute Gasteiger partial charge is 0.383 e. The Balaban J connectivity index is 2.56. The molecule has 0 bridgehead atoms. The van der Waals surface area contributed by atoms with E-state index in [1.165, 1.54) is 0 Å². The van der Waals surface area contributed by atoms with E-state index in [-0.39, 0.29) is 0 Å². The molecule has 1 N–H and O–H groups in total. The molecule has 4 heteroatoms. The van der Waals surface area contributed by atoms with E-state index in [2.05, 4.69) is 12.2 Å². The summed E-state index contributed by atoms with van der Waals surface area (Å²) in [6.45, 7) is 3.53. The zero-order valence-electron chi connectivity index (χ0n) is 9.59. The second kappa shape index (κ2) is 7.13. The molecule has 0 saturated heterocycles. The lowest BCUT2D eigenvalue weighted by molar-refractivity contribution is 0.164. The van der Waals surface area contributed by atoms with E-state index >= 15 is 0 Å².